The molecule has 1 fully saturated rings. The zero-order valence-corrected chi connectivity index (χ0v) is 13.6. The summed E-state index contributed by atoms with van der Waals surface area (Å²) in [6.45, 7) is 2.54. The van der Waals surface area contributed by atoms with E-state index in [9.17, 15) is 4.79 Å². The third kappa shape index (κ3) is 3.08. The fraction of sp³-hybridized carbons (Fsp3) is 0.238. The number of hydrogen-bond donors (Lipinski definition) is 0. The maximum absolute atomic E-state index is 11.5. The molecule has 0 spiro atoms. The van der Waals surface area contributed by atoms with Crippen LogP contribution in [0.25, 0.3) is 22.2 Å². The Bertz CT molecular complexity index is 863. The van der Waals surface area contributed by atoms with Crippen molar-refractivity contribution in [3.63, 3.8) is 0 Å². The number of fused-ring (bicyclic) bond motifs is 1. The van der Waals surface area contributed by atoms with Gasteiger partial charge in [0.05, 0.1) is 11.2 Å². The molecule has 0 radical (unpaired) electrons. The summed E-state index contributed by atoms with van der Waals surface area (Å²) in [6, 6.07) is 20.9. The number of likely N-dealkylation sites (tertiary alicyclic amines) is 1. The van der Waals surface area contributed by atoms with E-state index in [1.54, 1.807) is 0 Å². The number of Topliss-reactive ketones (excluding diaryl/α,β-unsaturated/α-hetero) is 1. The minimum absolute atomic E-state index is 0.381. The minimum atomic E-state index is 0.381. The molecule has 0 unspecified atom stereocenters. The number of aromatic nitrogens is 1. The molecule has 0 N–H and O–H groups in total. The third-order valence-electron chi connectivity index (χ3n) is 4.66. The molecule has 3 heteroatoms. The monoisotopic (exact) mass is 316 g/mol. The average molecular weight is 316 g/mol. The molecule has 0 amide bonds. The molecule has 3 nitrogen and oxygen atoms in total. The molecule has 2 aromatic carbocycles. The molecule has 4 rings (SSSR count). The van der Waals surface area contributed by atoms with Gasteiger partial charge in [0, 0.05) is 43.4 Å². The van der Waals surface area contributed by atoms with Crippen molar-refractivity contribution in [1.29, 1.82) is 0 Å². The van der Waals surface area contributed by atoms with Crippen LogP contribution in [0.2, 0.25) is 0 Å². The number of rotatable bonds is 3. The number of hydrogen-bond acceptors (Lipinski definition) is 3. The first-order valence-electron chi connectivity index (χ1n) is 8.48. The van der Waals surface area contributed by atoms with Crippen LogP contribution >= 0.6 is 0 Å². The lowest BCUT2D eigenvalue weighted by Gasteiger charge is -2.26. The number of nitrogens with zero attached hydrogens (tertiary/aromatic N) is 2. The SMILES string of the molecule is O=C1CCN(Cc2cc3ccccc3nc2-c2ccccc2)CC1. The van der Waals surface area contributed by atoms with Gasteiger partial charge in [0.25, 0.3) is 0 Å². The molecular weight excluding hydrogens is 296 g/mol. The first-order valence-corrected chi connectivity index (χ1v) is 8.48. The highest BCUT2D eigenvalue weighted by Crippen LogP contribution is 2.27. The second-order valence-electron chi connectivity index (χ2n) is 6.37. The van der Waals surface area contributed by atoms with E-state index in [0.717, 1.165) is 36.4 Å². The largest absolute Gasteiger partial charge is 0.300 e. The van der Waals surface area contributed by atoms with E-state index >= 15 is 0 Å². The van der Waals surface area contributed by atoms with Crippen molar-refractivity contribution in [1.82, 2.24) is 9.88 Å². The summed E-state index contributed by atoms with van der Waals surface area (Å²) in [4.78, 5) is 18.8. The van der Waals surface area contributed by atoms with Gasteiger partial charge in [0.1, 0.15) is 5.78 Å². The molecule has 2 heterocycles. The summed E-state index contributed by atoms with van der Waals surface area (Å²) >= 11 is 0. The minimum Gasteiger partial charge on any atom is -0.300 e. The maximum atomic E-state index is 11.5. The number of carbonyl (C=O) groups excluding carboxylic acids is 1. The Morgan fingerprint density at radius 3 is 2.42 bits per heavy atom. The topological polar surface area (TPSA) is 33.2 Å². The molecule has 0 aliphatic carbocycles. The lowest BCUT2D eigenvalue weighted by molar-refractivity contribution is -0.121. The molecule has 0 bridgehead atoms. The van der Waals surface area contributed by atoms with Gasteiger partial charge in [-0.1, -0.05) is 48.5 Å². The average Bonchev–Trinajstić information content (AvgIpc) is 2.64. The number of piperidine rings is 1. The second-order valence-corrected chi connectivity index (χ2v) is 6.37. The Labute approximate surface area is 141 Å². The highest BCUT2D eigenvalue weighted by atomic mass is 16.1. The van der Waals surface area contributed by atoms with Crippen molar-refractivity contribution in [3.05, 3.63) is 66.2 Å². The van der Waals surface area contributed by atoms with Gasteiger partial charge in [-0.15, -0.1) is 0 Å². The van der Waals surface area contributed by atoms with Gasteiger partial charge in [0.15, 0.2) is 0 Å². The number of ketones is 1. The highest BCUT2D eigenvalue weighted by molar-refractivity contribution is 5.83. The molecule has 1 aromatic heterocycles. The quantitative estimate of drug-likeness (QED) is 0.730. The predicted molar refractivity (Wildman–Crippen MR) is 96.7 cm³/mol. The lowest BCUT2D eigenvalue weighted by atomic mass is 10.0. The van der Waals surface area contributed by atoms with Crippen molar-refractivity contribution < 1.29 is 4.79 Å². The van der Waals surface area contributed by atoms with Gasteiger partial charge in [-0.3, -0.25) is 9.69 Å². The van der Waals surface area contributed by atoms with Gasteiger partial charge < -0.3 is 0 Å². The van der Waals surface area contributed by atoms with Crippen molar-refractivity contribution >= 4 is 16.7 Å². The highest BCUT2D eigenvalue weighted by Gasteiger charge is 2.18. The van der Waals surface area contributed by atoms with Crippen LogP contribution in [-0.2, 0) is 11.3 Å². The van der Waals surface area contributed by atoms with Crippen LogP contribution in [0.3, 0.4) is 0 Å². The number of para-hydroxylation sites is 1. The Kier molecular flexibility index (Phi) is 4.09. The number of benzene rings is 2. The van der Waals surface area contributed by atoms with Crippen LogP contribution in [0.15, 0.2) is 60.7 Å². The molecule has 0 atom stereocenters. The molecule has 3 aromatic rings. The van der Waals surface area contributed by atoms with E-state index in [-0.39, 0.29) is 0 Å². The molecule has 1 aliphatic heterocycles. The van der Waals surface area contributed by atoms with Crippen molar-refractivity contribution in [3.8, 4) is 11.3 Å². The molecule has 1 aliphatic rings. The summed E-state index contributed by atoms with van der Waals surface area (Å²) < 4.78 is 0. The van der Waals surface area contributed by atoms with Crippen molar-refractivity contribution in [2.75, 3.05) is 13.1 Å². The fourth-order valence-corrected chi connectivity index (χ4v) is 3.33. The zero-order chi connectivity index (χ0) is 16.4. The van der Waals surface area contributed by atoms with Gasteiger partial charge in [0.2, 0.25) is 0 Å². The Balaban J connectivity index is 1.75. The van der Waals surface area contributed by atoms with Crippen molar-refractivity contribution in [2.45, 2.75) is 19.4 Å². The zero-order valence-electron chi connectivity index (χ0n) is 13.6. The molecule has 1 saturated heterocycles. The fourth-order valence-electron chi connectivity index (χ4n) is 3.33. The predicted octanol–water partition coefficient (Wildman–Crippen LogP) is 4.07. The van der Waals surface area contributed by atoms with E-state index < -0.39 is 0 Å². The molecule has 0 saturated carbocycles. The van der Waals surface area contributed by atoms with Gasteiger partial charge >= 0.3 is 0 Å². The number of carbonyl (C=O) groups is 1. The lowest BCUT2D eigenvalue weighted by Crippen LogP contribution is -2.33. The Morgan fingerprint density at radius 1 is 0.917 bits per heavy atom. The van der Waals surface area contributed by atoms with E-state index in [1.165, 1.54) is 10.9 Å². The summed E-state index contributed by atoms with van der Waals surface area (Å²) in [6.07, 6.45) is 1.34. The van der Waals surface area contributed by atoms with E-state index in [2.05, 4.69) is 53.4 Å². The molecular formula is C21H20N2O. The van der Waals surface area contributed by atoms with E-state index in [4.69, 9.17) is 4.98 Å². The van der Waals surface area contributed by atoms with Gasteiger partial charge in [-0.05, 0) is 17.7 Å². The second kappa shape index (κ2) is 6.54. The normalized spacial score (nSPS) is 15.8. The van der Waals surface area contributed by atoms with Crippen LogP contribution in [-0.4, -0.2) is 28.8 Å². The van der Waals surface area contributed by atoms with Crippen LogP contribution in [0.5, 0.6) is 0 Å². The summed E-state index contributed by atoms with van der Waals surface area (Å²) in [7, 11) is 0. The third-order valence-corrected chi connectivity index (χ3v) is 4.66. The standard InChI is InChI=1S/C21H20N2O/c24-19-10-12-23(13-11-19)15-18-14-17-8-4-5-9-20(17)22-21(18)16-6-2-1-3-7-16/h1-9,14H,10-13,15H2. The van der Waals surface area contributed by atoms with Crippen LogP contribution < -0.4 is 0 Å². The number of pyridine rings is 1. The summed E-state index contributed by atoms with van der Waals surface area (Å²) in [5.74, 6) is 0.381. The summed E-state index contributed by atoms with van der Waals surface area (Å²) in [5, 5.41) is 1.17. The Morgan fingerprint density at radius 2 is 1.62 bits per heavy atom. The van der Waals surface area contributed by atoms with Crippen LogP contribution in [0.1, 0.15) is 18.4 Å². The smallest absolute Gasteiger partial charge is 0.135 e. The van der Waals surface area contributed by atoms with Gasteiger partial charge in [-0.25, -0.2) is 4.98 Å². The first-order chi connectivity index (χ1) is 11.8. The Hall–Kier alpha value is -2.52. The van der Waals surface area contributed by atoms with Crippen molar-refractivity contribution in [2.24, 2.45) is 0 Å². The molecule has 24 heavy (non-hydrogen) atoms. The van der Waals surface area contributed by atoms with Gasteiger partial charge in [-0.2, -0.15) is 0 Å². The van der Waals surface area contributed by atoms with E-state index in [0.29, 0.717) is 18.6 Å². The summed E-state index contributed by atoms with van der Waals surface area (Å²) in [5.41, 5.74) is 4.45. The van der Waals surface area contributed by atoms with Crippen LogP contribution in [0.4, 0.5) is 0 Å². The van der Waals surface area contributed by atoms with E-state index in [1.807, 2.05) is 12.1 Å². The first kappa shape index (κ1) is 15.0. The maximum Gasteiger partial charge on any atom is 0.135 e. The van der Waals surface area contributed by atoms with Crippen LogP contribution in [0, 0.1) is 0 Å². The molecule has 120 valence electrons.